The molecule has 2 amide bonds. The number of benzene rings is 1. The quantitative estimate of drug-likeness (QED) is 0.721. The fraction of sp³-hybridized carbons (Fsp3) is 0.150. The number of carbonyl (C=O) groups excluding carboxylic acids is 2. The molecular formula is C20H18ClN5O3. The van der Waals surface area contributed by atoms with Crippen molar-refractivity contribution in [2.75, 3.05) is 25.5 Å². The number of ether oxygens (including phenoxy) is 1. The molecule has 29 heavy (non-hydrogen) atoms. The van der Waals surface area contributed by atoms with Crippen LogP contribution in [-0.2, 0) is 4.79 Å². The van der Waals surface area contributed by atoms with Crippen molar-refractivity contribution >= 4 is 41.7 Å². The maximum Gasteiger partial charge on any atom is 0.414 e. The van der Waals surface area contributed by atoms with Crippen molar-refractivity contribution in [3.05, 3.63) is 65.2 Å². The molecule has 0 saturated heterocycles. The highest BCUT2D eigenvalue weighted by atomic mass is 35.5. The maximum absolute atomic E-state index is 12.5. The first kappa shape index (κ1) is 20.2. The van der Waals surface area contributed by atoms with Gasteiger partial charge in [0.2, 0.25) is 0 Å². The number of aliphatic imine (C=N–C) groups is 2. The lowest BCUT2D eigenvalue weighted by Gasteiger charge is -2.21. The van der Waals surface area contributed by atoms with Gasteiger partial charge >= 0.3 is 6.09 Å². The highest BCUT2D eigenvalue weighted by Gasteiger charge is 2.15. The molecule has 2 aromatic rings. The first-order valence-corrected chi connectivity index (χ1v) is 9.01. The molecule has 0 atom stereocenters. The minimum absolute atomic E-state index is 0.171. The molecule has 1 aliphatic rings. The van der Waals surface area contributed by atoms with Gasteiger partial charge in [0, 0.05) is 43.4 Å². The van der Waals surface area contributed by atoms with Crippen LogP contribution in [0.1, 0.15) is 5.69 Å². The predicted molar refractivity (Wildman–Crippen MR) is 112 cm³/mol. The van der Waals surface area contributed by atoms with Crippen molar-refractivity contribution in [1.82, 2.24) is 9.88 Å². The molecule has 0 unspecified atom stereocenters. The van der Waals surface area contributed by atoms with E-state index < -0.39 is 12.0 Å². The van der Waals surface area contributed by atoms with Crippen molar-refractivity contribution in [2.45, 2.75) is 0 Å². The molecule has 0 spiro atoms. The van der Waals surface area contributed by atoms with Gasteiger partial charge in [-0.15, -0.1) is 0 Å². The van der Waals surface area contributed by atoms with E-state index in [1.165, 1.54) is 17.3 Å². The van der Waals surface area contributed by atoms with Crippen molar-refractivity contribution in [1.29, 1.82) is 0 Å². The summed E-state index contributed by atoms with van der Waals surface area (Å²) in [5.74, 6) is -0.345. The number of carbonyl (C=O) groups is 2. The van der Waals surface area contributed by atoms with Gasteiger partial charge in [0.05, 0.1) is 12.8 Å². The van der Waals surface area contributed by atoms with Gasteiger partial charge in [-0.3, -0.25) is 14.8 Å². The smallest absolute Gasteiger partial charge is 0.408 e. The summed E-state index contributed by atoms with van der Waals surface area (Å²) in [6.45, 7) is 0.521. The third-order valence-electron chi connectivity index (χ3n) is 3.83. The van der Waals surface area contributed by atoms with Crippen molar-refractivity contribution < 1.29 is 14.3 Å². The minimum atomic E-state index is -0.558. The van der Waals surface area contributed by atoms with E-state index in [4.69, 9.17) is 16.3 Å². The van der Waals surface area contributed by atoms with Crippen LogP contribution in [0.15, 0.2) is 64.5 Å². The van der Waals surface area contributed by atoms with Gasteiger partial charge < -0.3 is 14.5 Å². The average molecular weight is 412 g/mol. The first-order valence-electron chi connectivity index (χ1n) is 8.63. The fourth-order valence-electron chi connectivity index (χ4n) is 2.34. The summed E-state index contributed by atoms with van der Waals surface area (Å²) in [7, 11) is 3.13. The van der Waals surface area contributed by atoms with E-state index in [-0.39, 0.29) is 17.1 Å². The zero-order chi connectivity index (χ0) is 20.8. The van der Waals surface area contributed by atoms with Crippen LogP contribution in [0.4, 0.5) is 10.5 Å². The van der Waals surface area contributed by atoms with Gasteiger partial charge in [0.25, 0.3) is 5.91 Å². The predicted octanol–water partition coefficient (Wildman–Crippen LogP) is 3.17. The Hall–Kier alpha value is -3.52. The van der Waals surface area contributed by atoms with Gasteiger partial charge in [-0.1, -0.05) is 11.6 Å². The summed E-state index contributed by atoms with van der Waals surface area (Å²) in [6.07, 6.45) is 5.45. The Balaban J connectivity index is 1.76. The Morgan fingerprint density at radius 2 is 2.00 bits per heavy atom. The molecule has 0 fully saturated rings. The van der Waals surface area contributed by atoms with Crippen LogP contribution in [0, 0.1) is 0 Å². The number of halogens is 1. The molecule has 8 nitrogen and oxygen atoms in total. The first-order chi connectivity index (χ1) is 13.9. The number of amides is 2. The Bertz CT molecular complexity index is 999. The van der Waals surface area contributed by atoms with Crippen molar-refractivity contribution in [3.63, 3.8) is 0 Å². The third kappa shape index (κ3) is 5.26. The summed E-state index contributed by atoms with van der Waals surface area (Å²) in [5.41, 5.74) is 1.30. The number of nitrogens with zero attached hydrogens (tertiary/aromatic N) is 5. The number of aromatic nitrogens is 1. The molecule has 1 aromatic carbocycles. The van der Waals surface area contributed by atoms with Crippen LogP contribution in [0.3, 0.4) is 0 Å². The highest BCUT2D eigenvalue weighted by Crippen LogP contribution is 2.21. The fourth-order valence-corrected chi connectivity index (χ4v) is 2.47. The molecular weight excluding hydrogens is 394 g/mol. The molecule has 3 rings (SSSR count). The van der Waals surface area contributed by atoms with Gasteiger partial charge in [-0.2, -0.15) is 0 Å². The van der Waals surface area contributed by atoms with Crippen LogP contribution < -0.4 is 9.64 Å². The SMILES string of the molecule is CN(C)C(=O)Oc1cccnc1C=NC(=O)C1=CN(c2ccc(Cl)cc2)CC=N1. The van der Waals surface area contributed by atoms with Crippen molar-refractivity contribution in [2.24, 2.45) is 9.98 Å². The molecule has 0 saturated carbocycles. The van der Waals surface area contributed by atoms with E-state index in [0.29, 0.717) is 11.6 Å². The molecule has 1 aliphatic heterocycles. The number of pyridine rings is 1. The second-order valence-electron chi connectivity index (χ2n) is 6.17. The normalized spacial score (nSPS) is 13.3. The molecule has 1 aromatic heterocycles. The lowest BCUT2D eigenvalue weighted by Crippen LogP contribution is -2.25. The molecule has 0 radical (unpaired) electrons. The number of hydrogen-bond acceptors (Lipinski definition) is 6. The van der Waals surface area contributed by atoms with Crippen LogP contribution in [-0.4, -0.2) is 55.0 Å². The Labute approximate surface area is 172 Å². The molecule has 0 aliphatic carbocycles. The van der Waals surface area contributed by atoms with E-state index in [2.05, 4.69) is 15.0 Å². The standard InChI is InChI=1S/C20H18ClN5O3/c1-25(2)20(28)29-18-4-3-9-22-16(18)12-24-19(27)17-13-26(11-10-23-17)15-7-5-14(21)6-8-15/h3-10,12-13H,11H2,1-2H3. The van der Waals surface area contributed by atoms with E-state index in [9.17, 15) is 9.59 Å². The summed E-state index contributed by atoms with van der Waals surface area (Å²) in [5, 5.41) is 0.630. The van der Waals surface area contributed by atoms with Gasteiger partial charge in [0.15, 0.2) is 5.75 Å². The lowest BCUT2D eigenvalue weighted by molar-refractivity contribution is -0.114. The zero-order valence-electron chi connectivity index (χ0n) is 15.8. The van der Waals surface area contributed by atoms with Crippen LogP contribution in [0.25, 0.3) is 0 Å². The summed E-state index contributed by atoms with van der Waals surface area (Å²) in [4.78, 5) is 39.5. The van der Waals surface area contributed by atoms with E-state index >= 15 is 0 Å². The molecule has 2 heterocycles. The van der Waals surface area contributed by atoms with Crippen molar-refractivity contribution in [3.8, 4) is 5.75 Å². The summed E-state index contributed by atoms with van der Waals surface area (Å²) >= 11 is 5.92. The van der Waals surface area contributed by atoms with E-state index in [1.54, 1.807) is 50.8 Å². The van der Waals surface area contributed by atoms with Gasteiger partial charge in [-0.05, 0) is 36.4 Å². The van der Waals surface area contributed by atoms with Crippen LogP contribution in [0.5, 0.6) is 5.75 Å². The monoisotopic (exact) mass is 411 g/mol. The molecule has 148 valence electrons. The van der Waals surface area contributed by atoms with E-state index in [0.717, 1.165) is 5.69 Å². The number of hydrogen-bond donors (Lipinski definition) is 0. The molecule has 0 N–H and O–H groups in total. The van der Waals surface area contributed by atoms with E-state index in [1.807, 2.05) is 17.0 Å². The maximum atomic E-state index is 12.5. The topological polar surface area (TPSA) is 87.5 Å². The molecule has 9 heteroatoms. The Morgan fingerprint density at radius 1 is 1.24 bits per heavy atom. The average Bonchev–Trinajstić information content (AvgIpc) is 2.73. The second-order valence-corrected chi connectivity index (χ2v) is 6.60. The Kier molecular flexibility index (Phi) is 6.36. The number of anilines is 1. The summed E-state index contributed by atoms with van der Waals surface area (Å²) in [6, 6.07) is 10.4. The highest BCUT2D eigenvalue weighted by molar-refractivity contribution is 6.30. The van der Waals surface area contributed by atoms with Gasteiger partial charge in [-0.25, -0.2) is 9.79 Å². The summed E-state index contributed by atoms with van der Waals surface area (Å²) < 4.78 is 5.23. The van der Waals surface area contributed by atoms with Gasteiger partial charge in [0.1, 0.15) is 11.4 Å². The largest absolute Gasteiger partial charge is 0.414 e. The van der Waals surface area contributed by atoms with Crippen LogP contribution in [0.2, 0.25) is 5.02 Å². The Morgan fingerprint density at radius 3 is 2.72 bits per heavy atom. The lowest BCUT2D eigenvalue weighted by atomic mass is 10.2. The second kappa shape index (κ2) is 9.11. The molecule has 0 bridgehead atoms. The minimum Gasteiger partial charge on any atom is -0.408 e. The zero-order valence-corrected chi connectivity index (χ0v) is 16.6. The third-order valence-corrected chi connectivity index (χ3v) is 4.08. The number of rotatable bonds is 4. The van der Waals surface area contributed by atoms with Crippen LogP contribution >= 0.6 is 11.6 Å².